The smallest absolute Gasteiger partial charge is 0.253 e. The minimum atomic E-state index is 0.0630. The van der Waals surface area contributed by atoms with Gasteiger partial charge in [-0.1, -0.05) is 17.3 Å². The Hall–Kier alpha value is -3.19. The molecule has 0 radical (unpaired) electrons. The highest BCUT2D eigenvalue weighted by Crippen LogP contribution is 2.33. The second kappa shape index (κ2) is 8.74. The Morgan fingerprint density at radius 3 is 2.75 bits per heavy atom. The molecule has 0 aliphatic carbocycles. The number of para-hydroxylation sites is 1. The molecule has 1 aliphatic rings. The molecule has 4 aromatic rings. The van der Waals surface area contributed by atoms with Crippen LogP contribution in [0.25, 0.3) is 10.2 Å². The predicted octanol–water partition coefficient (Wildman–Crippen LogP) is 5.50. The summed E-state index contributed by atoms with van der Waals surface area (Å²) in [5.41, 5.74) is 3.52. The molecule has 5 rings (SSSR count). The summed E-state index contributed by atoms with van der Waals surface area (Å²) in [5.74, 6) is 1.84. The zero-order chi connectivity index (χ0) is 22.1. The molecule has 7 heteroatoms. The molecule has 1 saturated heterocycles. The van der Waals surface area contributed by atoms with Crippen LogP contribution in [0, 0.1) is 13.8 Å². The van der Waals surface area contributed by atoms with Gasteiger partial charge >= 0.3 is 0 Å². The lowest BCUT2D eigenvalue weighted by Gasteiger charge is -2.32. The topological polar surface area (TPSA) is 68.5 Å². The Morgan fingerprint density at radius 2 is 2.00 bits per heavy atom. The number of ether oxygens (including phenoxy) is 1. The van der Waals surface area contributed by atoms with Crippen molar-refractivity contribution >= 4 is 27.5 Å². The van der Waals surface area contributed by atoms with Crippen molar-refractivity contribution in [1.82, 2.24) is 15.0 Å². The Labute approximate surface area is 190 Å². The molecular formula is C25H25N3O3S. The number of likely N-dealkylation sites (tertiary alicyclic amines) is 1. The molecular weight excluding hydrogens is 422 g/mol. The van der Waals surface area contributed by atoms with Gasteiger partial charge in [0, 0.05) is 24.6 Å². The molecule has 2 aromatic heterocycles. The molecule has 0 N–H and O–H groups in total. The largest absolute Gasteiger partial charge is 0.489 e. The fourth-order valence-electron chi connectivity index (χ4n) is 4.17. The van der Waals surface area contributed by atoms with E-state index in [1.165, 1.54) is 4.70 Å². The van der Waals surface area contributed by atoms with Crippen molar-refractivity contribution in [1.29, 1.82) is 0 Å². The van der Waals surface area contributed by atoms with Gasteiger partial charge in [-0.05, 0) is 63.1 Å². The second-order valence-corrected chi connectivity index (χ2v) is 9.29. The molecule has 1 atom stereocenters. The Morgan fingerprint density at radius 1 is 1.19 bits per heavy atom. The predicted molar refractivity (Wildman–Crippen MR) is 124 cm³/mol. The lowest BCUT2D eigenvalue weighted by atomic mass is 9.98. The van der Waals surface area contributed by atoms with E-state index in [9.17, 15) is 4.79 Å². The summed E-state index contributed by atoms with van der Waals surface area (Å²) in [5, 5.41) is 5.08. The number of thiazole rings is 1. The Kier molecular flexibility index (Phi) is 5.66. The van der Waals surface area contributed by atoms with Crippen LogP contribution in [0.2, 0.25) is 0 Å². The highest BCUT2D eigenvalue weighted by Gasteiger charge is 2.27. The van der Waals surface area contributed by atoms with Crippen LogP contribution in [-0.4, -0.2) is 34.0 Å². The number of rotatable bonds is 5. The van der Waals surface area contributed by atoms with Crippen LogP contribution in [0.15, 0.2) is 53.1 Å². The molecule has 0 unspecified atom stereocenters. The van der Waals surface area contributed by atoms with Crippen LogP contribution >= 0.6 is 11.3 Å². The summed E-state index contributed by atoms with van der Waals surface area (Å²) >= 11 is 1.74. The molecule has 1 fully saturated rings. The van der Waals surface area contributed by atoms with Crippen LogP contribution in [0.3, 0.4) is 0 Å². The number of carbonyl (C=O) groups excluding carboxylic acids is 1. The Balaban J connectivity index is 1.24. The van der Waals surface area contributed by atoms with E-state index in [0.717, 1.165) is 46.9 Å². The first-order valence-electron chi connectivity index (χ1n) is 10.9. The van der Waals surface area contributed by atoms with E-state index in [2.05, 4.69) is 17.3 Å². The first-order valence-corrected chi connectivity index (χ1v) is 11.7. The Bertz CT molecular complexity index is 1190. The number of fused-ring (bicyclic) bond motifs is 1. The van der Waals surface area contributed by atoms with Gasteiger partial charge < -0.3 is 14.2 Å². The normalized spacial score (nSPS) is 16.4. The maximum atomic E-state index is 13.1. The van der Waals surface area contributed by atoms with Crippen LogP contribution in [0.1, 0.15) is 51.1 Å². The second-order valence-electron chi connectivity index (χ2n) is 8.23. The van der Waals surface area contributed by atoms with E-state index in [-0.39, 0.29) is 5.91 Å². The zero-order valence-electron chi connectivity index (χ0n) is 18.2. The van der Waals surface area contributed by atoms with Crippen molar-refractivity contribution < 1.29 is 14.1 Å². The summed E-state index contributed by atoms with van der Waals surface area (Å²) in [6.07, 6.45) is 2.06. The minimum Gasteiger partial charge on any atom is -0.489 e. The molecule has 3 heterocycles. The third-order valence-electron chi connectivity index (χ3n) is 6.03. The molecule has 2 aromatic carbocycles. The fourth-order valence-corrected chi connectivity index (χ4v) is 5.26. The summed E-state index contributed by atoms with van der Waals surface area (Å²) in [6.45, 7) is 5.66. The number of hydrogen-bond acceptors (Lipinski definition) is 6. The lowest BCUT2D eigenvalue weighted by Crippen LogP contribution is -2.39. The highest BCUT2D eigenvalue weighted by molar-refractivity contribution is 7.18. The summed E-state index contributed by atoms with van der Waals surface area (Å²) < 4.78 is 12.2. The SMILES string of the molecule is Cc1noc(C)c1COc1ccc(C(=O)N2CCC[C@H](c3nc4ccccc4s3)C2)cc1. The number of piperidine rings is 1. The number of amides is 1. The fraction of sp³-hybridized carbons (Fsp3) is 0.320. The van der Waals surface area contributed by atoms with Gasteiger partial charge in [-0.25, -0.2) is 4.98 Å². The van der Waals surface area contributed by atoms with Crippen LogP contribution in [0.4, 0.5) is 0 Å². The average molecular weight is 448 g/mol. The van der Waals surface area contributed by atoms with Crippen molar-refractivity contribution in [3.63, 3.8) is 0 Å². The summed E-state index contributed by atoms with van der Waals surface area (Å²) in [6, 6.07) is 15.6. The summed E-state index contributed by atoms with van der Waals surface area (Å²) in [7, 11) is 0. The van der Waals surface area contributed by atoms with Gasteiger partial charge in [0.05, 0.1) is 26.5 Å². The summed E-state index contributed by atoms with van der Waals surface area (Å²) in [4.78, 5) is 19.9. The van der Waals surface area contributed by atoms with Crippen molar-refractivity contribution in [3.05, 3.63) is 76.1 Å². The monoisotopic (exact) mass is 447 g/mol. The van der Waals surface area contributed by atoms with E-state index >= 15 is 0 Å². The lowest BCUT2D eigenvalue weighted by molar-refractivity contribution is 0.0707. The van der Waals surface area contributed by atoms with Gasteiger partial charge in [0.25, 0.3) is 5.91 Å². The zero-order valence-corrected chi connectivity index (χ0v) is 19.0. The molecule has 6 nitrogen and oxygen atoms in total. The molecule has 164 valence electrons. The molecule has 1 aliphatic heterocycles. The van der Waals surface area contributed by atoms with Crippen LogP contribution in [-0.2, 0) is 6.61 Å². The van der Waals surface area contributed by atoms with Gasteiger partial charge in [0.1, 0.15) is 18.1 Å². The van der Waals surface area contributed by atoms with Gasteiger partial charge in [0.15, 0.2) is 0 Å². The van der Waals surface area contributed by atoms with Gasteiger partial charge in [-0.2, -0.15) is 0 Å². The van der Waals surface area contributed by atoms with Gasteiger partial charge in [-0.3, -0.25) is 4.79 Å². The van der Waals surface area contributed by atoms with E-state index in [1.807, 2.05) is 55.1 Å². The van der Waals surface area contributed by atoms with E-state index in [1.54, 1.807) is 11.3 Å². The number of nitrogens with zero attached hydrogens (tertiary/aromatic N) is 3. The van der Waals surface area contributed by atoms with Crippen molar-refractivity contribution in [3.8, 4) is 5.75 Å². The van der Waals surface area contributed by atoms with E-state index < -0.39 is 0 Å². The van der Waals surface area contributed by atoms with Crippen LogP contribution in [0.5, 0.6) is 5.75 Å². The third kappa shape index (κ3) is 4.12. The number of benzene rings is 2. The van der Waals surface area contributed by atoms with Gasteiger partial charge in [-0.15, -0.1) is 11.3 Å². The van der Waals surface area contributed by atoms with E-state index in [4.69, 9.17) is 14.2 Å². The first-order chi connectivity index (χ1) is 15.6. The highest BCUT2D eigenvalue weighted by atomic mass is 32.1. The number of hydrogen-bond donors (Lipinski definition) is 0. The number of aromatic nitrogens is 2. The van der Waals surface area contributed by atoms with Crippen molar-refractivity contribution in [2.24, 2.45) is 0 Å². The van der Waals surface area contributed by atoms with Gasteiger partial charge in [0.2, 0.25) is 0 Å². The van der Waals surface area contributed by atoms with E-state index in [0.29, 0.717) is 30.4 Å². The molecule has 1 amide bonds. The quantitative estimate of drug-likeness (QED) is 0.404. The number of carbonyl (C=O) groups is 1. The standard InChI is InChI=1S/C25H25N3O3S/c1-16-21(17(2)31-27-16)15-30-20-11-9-18(10-12-20)25(29)28-13-5-6-19(14-28)24-26-22-7-3-4-8-23(22)32-24/h3-4,7-12,19H,5-6,13-15H2,1-2H3/t19-/m0/s1. The van der Waals surface area contributed by atoms with Crippen molar-refractivity contribution in [2.45, 2.75) is 39.2 Å². The molecule has 0 spiro atoms. The maximum absolute atomic E-state index is 13.1. The first kappa shape index (κ1) is 20.7. The number of aryl methyl sites for hydroxylation is 2. The van der Waals surface area contributed by atoms with Crippen molar-refractivity contribution in [2.75, 3.05) is 13.1 Å². The molecule has 0 bridgehead atoms. The average Bonchev–Trinajstić information content (AvgIpc) is 3.40. The van der Waals surface area contributed by atoms with Crippen LogP contribution < -0.4 is 4.74 Å². The minimum absolute atomic E-state index is 0.0630. The maximum Gasteiger partial charge on any atom is 0.253 e. The molecule has 0 saturated carbocycles. The molecule has 32 heavy (non-hydrogen) atoms. The third-order valence-corrected chi connectivity index (χ3v) is 7.23.